The topological polar surface area (TPSA) is 47.3 Å². The minimum absolute atomic E-state index is 0.425. The zero-order valence-corrected chi connectivity index (χ0v) is 10.9. The summed E-state index contributed by atoms with van der Waals surface area (Å²) >= 11 is 0. The lowest BCUT2D eigenvalue weighted by Crippen LogP contribution is -2.00. The van der Waals surface area contributed by atoms with Crippen LogP contribution in [0.25, 0.3) is 11.0 Å². The summed E-state index contributed by atoms with van der Waals surface area (Å²) in [7, 11) is 1.60. The molecular weight excluding hydrogens is 259 g/mol. The van der Waals surface area contributed by atoms with Gasteiger partial charge >= 0.3 is 0 Å². The second-order valence-corrected chi connectivity index (χ2v) is 4.29. The van der Waals surface area contributed by atoms with E-state index in [-0.39, 0.29) is 0 Å². The lowest BCUT2D eigenvalue weighted by molar-refractivity contribution is 0.408. The molecule has 0 spiro atoms. The van der Waals surface area contributed by atoms with Crippen LogP contribution in [0.3, 0.4) is 0 Å². The van der Waals surface area contributed by atoms with Crippen molar-refractivity contribution in [3.8, 4) is 5.75 Å². The molecule has 5 heteroatoms. The van der Waals surface area contributed by atoms with Gasteiger partial charge in [0.1, 0.15) is 11.6 Å². The van der Waals surface area contributed by atoms with E-state index in [9.17, 15) is 4.39 Å². The Morgan fingerprint density at radius 3 is 2.90 bits per heavy atom. The maximum absolute atomic E-state index is 13.0. The maximum atomic E-state index is 13.0. The lowest BCUT2D eigenvalue weighted by Gasteiger charge is -2.02. The van der Waals surface area contributed by atoms with Crippen molar-refractivity contribution < 1.29 is 13.5 Å². The highest BCUT2D eigenvalue weighted by Gasteiger charge is 2.08. The van der Waals surface area contributed by atoms with Crippen molar-refractivity contribution in [3.05, 3.63) is 54.2 Å². The van der Waals surface area contributed by atoms with E-state index in [1.165, 1.54) is 6.07 Å². The Morgan fingerprint density at radius 1 is 1.25 bits per heavy atom. The number of halogens is 1. The number of benzene rings is 1. The van der Waals surface area contributed by atoms with Gasteiger partial charge in [0.15, 0.2) is 11.3 Å². The van der Waals surface area contributed by atoms with Gasteiger partial charge in [-0.3, -0.25) is 0 Å². The van der Waals surface area contributed by atoms with Crippen LogP contribution in [0.5, 0.6) is 5.75 Å². The van der Waals surface area contributed by atoms with E-state index in [0.29, 0.717) is 23.7 Å². The van der Waals surface area contributed by atoms with Crippen molar-refractivity contribution in [3.63, 3.8) is 0 Å². The Morgan fingerprint density at radius 2 is 2.10 bits per heavy atom. The molecule has 1 N–H and O–H groups in total. The van der Waals surface area contributed by atoms with Gasteiger partial charge in [0, 0.05) is 5.39 Å². The first-order chi connectivity index (χ1) is 9.76. The van der Waals surface area contributed by atoms with Crippen LogP contribution in [0.2, 0.25) is 0 Å². The molecule has 20 heavy (non-hydrogen) atoms. The van der Waals surface area contributed by atoms with Crippen LogP contribution in [-0.4, -0.2) is 12.1 Å². The van der Waals surface area contributed by atoms with Gasteiger partial charge in [-0.15, -0.1) is 0 Å². The van der Waals surface area contributed by atoms with Crippen LogP contribution in [0.15, 0.2) is 46.9 Å². The highest BCUT2D eigenvalue weighted by molar-refractivity contribution is 5.83. The molecule has 0 aliphatic heterocycles. The molecule has 0 aliphatic carbocycles. The van der Waals surface area contributed by atoms with Crippen LogP contribution in [0, 0.1) is 5.95 Å². The van der Waals surface area contributed by atoms with Crippen LogP contribution < -0.4 is 10.1 Å². The summed E-state index contributed by atoms with van der Waals surface area (Å²) in [5.74, 6) is 1.38. The number of furan rings is 1. The number of nitrogens with one attached hydrogen (secondary N) is 1. The zero-order chi connectivity index (χ0) is 13.9. The van der Waals surface area contributed by atoms with Crippen molar-refractivity contribution in [2.45, 2.75) is 6.54 Å². The fourth-order valence-corrected chi connectivity index (χ4v) is 2.02. The minimum Gasteiger partial charge on any atom is -0.493 e. The summed E-state index contributed by atoms with van der Waals surface area (Å²) in [4.78, 5) is 3.73. The average molecular weight is 272 g/mol. The number of rotatable bonds is 4. The first-order valence-corrected chi connectivity index (χ1v) is 6.18. The third-order valence-electron chi connectivity index (χ3n) is 2.94. The van der Waals surface area contributed by atoms with E-state index in [0.717, 1.165) is 11.1 Å². The molecule has 0 bridgehead atoms. The Bertz CT molecular complexity index is 740. The molecule has 4 nitrogen and oxygen atoms in total. The predicted octanol–water partition coefficient (Wildman–Crippen LogP) is 3.59. The van der Waals surface area contributed by atoms with E-state index < -0.39 is 5.95 Å². The number of fused-ring (bicyclic) bond motifs is 1. The summed E-state index contributed by atoms with van der Waals surface area (Å²) in [6.07, 6.45) is 0. The maximum Gasteiger partial charge on any atom is 0.214 e. The Labute approximate surface area is 115 Å². The summed E-state index contributed by atoms with van der Waals surface area (Å²) < 4.78 is 23.9. The van der Waals surface area contributed by atoms with Gasteiger partial charge in [0.2, 0.25) is 5.95 Å². The van der Waals surface area contributed by atoms with Gasteiger partial charge in [-0.25, -0.2) is 4.98 Å². The quantitative estimate of drug-likeness (QED) is 0.737. The van der Waals surface area contributed by atoms with E-state index in [2.05, 4.69) is 10.3 Å². The average Bonchev–Trinajstić information content (AvgIpc) is 2.88. The number of anilines is 1. The third kappa shape index (κ3) is 2.42. The first-order valence-electron chi connectivity index (χ1n) is 6.18. The van der Waals surface area contributed by atoms with Crippen molar-refractivity contribution in [2.24, 2.45) is 0 Å². The number of pyridine rings is 1. The summed E-state index contributed by atoms with van der Waals surface area (Å²) in [6, 6.07) is 12.2. The molecule has 0 unspecified atom stereocenters. The summed E-state index contributed by atoms with van der Waals surface area (Å²) in [6.45, 7) is 0.425. The second kappa shape index (κ2) is 5.21. The number of aromatic nitrogens is 1. The van der Waals surface area contributed by atoms with Gasteiger partial charge in [0.25, 0.3) is 0 Å². The molecule has 0 amide bonds. The second-order valence-electron chi connectivity index (χ2n) is 4.29. The van der Waals surface area contributed by atoms with E-state index in [1.54, 1.807) is 19.2 Å². The highest BCUT2D eigenvalue weighted by atomic mass is 19.1. The van der Waals surface area contributed by atoms with E-state index in [1.807, 2.05) is 24.3 Å². The fraction of sp³-hybridized carbons (Fsp3) is 0.133. The summed E-state index contributed by atoms with van der Waals surface area (Å²) in [5, 5.41) is 3.98. The van der Waals surface area contributed by atoms with Gasteiger partial charge in [0.05, 0.1) is 13.7 Å². The number of para-hydroxylation sites is 1. The van der Waals surface area contributed by atoms with Crippen LogP contribution >= 0.6 is 0 Å². The smallest absolute Gasteiger partial charge is 0.214 e. The molecule has 102 valence electrons. The van der Waals surface area contributed by atoms with Gasteiger partial charge in [-0.05, 0) is 24.3 Å². The molecular formula is C15H13FN2O2. The van der Waals surface area contributed by atoms with Gasteiger partial charge in [-0.2, -0.15) is 4.39 Å². The Hall–Kier alpha value is -2.56. The number of hydrogen-bond donors (Lipinski definition) is 1. The molecule has 0 saturated carbocycles. The molecule has 0 aliphatic rings. The lowest BCUT2D eigenvalue weighted by atomic mass is 10.2. The van der Waals surface area contributed by atoms with Gasteiger partial charge < -0.3 is 14.5 Å². The van der Waals surface area contributed by atoms with Gasteiger partial charge in [-0.1, -0.05) is 18.2 Å². The molecule has 3 aromatic rings. The van der Waals surface area contributed by atoms with Crippen molar-refractivity contribution in [1.82, 2.24) is 4.98 Å². The molecule has 0 saturated heterocycles. The van der Waals surface area contributed by atoms with Crippen molar-refractivity contribution in [2.75, 3.05) is 12.4 Å². The number of methoxy groups -OCH3 is 1. The zero-order valence-electron chi connectivity index (χ0n) is 10.9. The van der Waals surface area contributed by atoms with Crippen LogP contribution in [0.1, 0.15) is 5.76 Å². The third-order valence-corrected chi connectivity index (χ3v) is 2.94. The molecule has 0 atom stereocenters. The number of nitrogens with zero attached hydrogens (tertiary/aromatic N) is 1. The minimum atomic E-state index is -0.513. The molecule has 0 radical (unpaired) electrons. The van der Waals surface area contributed by atoms with E-state index in [4.69, 9.17) is 9.15 Å². The largest absolute Gasteiger partial charge is 0.493 e. The van der Waals surface area contributed by atoms with Crippen LogP contribution in [0.4, 0.5) is 10.2 Å². The fourth-order valence-electron chi connectivity index (χ4n) is 2.02. The standard InChI is InChI=1S/C15H13FN2O2/c1-19-12-5-2-4-10-8-11(20-15(10)12)9-17-14-7-3-6-13(16)18-14/h2-8H,9H2,1H3,(H,17,18). The Kier molecular flexibility index (Phi) is 3.25. The molecule has 0 fully saturated rings. The molecule has 2 aromatic heterocycles. The number of ether oxygens (including phenoxy) is 1. The highest BCUT2D eigenvalue weighted by Crippen LogP contribution is 2.28. The molecule has 3 rings (SSSR count). The first kappa shape index (κ1) is 12.5. The van der Waals surface area contributed by atoms with Crippen LogP contribution in [-0.2, 0) is 6.54 Å². The normalized spacial score (nSPS) is 10.7. The SMILES string of the molecule is COc1cccc2cc(CNc3cccc(F)n3)oc12. The molecule has 2 heterocycles. The molecule has 1 aromatic carbocycles. The monoisotopic (exact) mass is 272 g/mol. The number of hydrogen-bond acceptors (Lipinski definition) is 4. The summed E-state index contributed by atoms with van der Waals surface area (Å²) in [5.41, 5.74) is 0.707. The Balaban J connectivity index is 1.81. The van der Waals surface area contributed by atoms with Crippen molar-refractivity contribution >= 4 is 16.8 Å². The van der Waals surface area contributed by atoms with E-state index >= 15 is 0 Å². The van der Waals surface area contributed by atoms with Crippen molar-refractivity contribution in [1.29, 1.82) is 0 Å². The predicted molar refractivity (Wildman–Crippen MR) is 74.3 cm³/mol.